The van der Waals surface area contributed by atoms with Crippen LogP contribution in [0.5, 0.6) is 0 Å². The maximum atomic E-state index is 9.86. The van der Waals surface area contributed by atoms with Crippen LogP contribution < -0.4 is 0 Å². The van der Waals surface area contributed by atoms with Crippen molar-refractivity contribution in [2.24, 2.45) is 0 Å². The molecule has 0 unspecified atom stereocenters. The lowest BCUT2D eigenvalue weighted by molar-refractivity contribution is -0.135. The molecule has 0 spiro atoms. The lowest BCUT2D eigenvalue weighted by atomic mass is 10.4. The first kappa shape index (κ1) is 8.04. The molecule has 9 heavy (non-hydrogen) atoms. The number of hydrogen-bond acceptors (Lipinski definition) is 2. The van der Waals surface area contributed by atoms with E-state index in [1.54, 1.807) is 0 Å². The van der Waals surface area contributed by atoms with Crippen LogP contribution >= 0.6 is 11.6 Å². The van der Waals surface area contributed by atoms with Gasteiger partial charge in [0.1, 0.15) is 0 Å². The number of aliphatic hydroxyl groups excluding tert-OH is 1. The largest absolute Gasteiger partial charge is 0.501 e. The molecule has 0 atom stereocenters. The third-order valence-corrected chi connectivity index (χ3v) is 0.941. The van der Waals surface area contributed by atoms with Gasteiger partial charge >= 0.3 is 5.97 Å². The molecule has 0 aromatic carbocycles. The minimum Gasteiger partial charge on any atom is -0.501 e. The van der Waals surface area contributed by atoms with Gasteiger partial charge in [0.2, 0.25) is 5.76 Å². The molecule has 0 radical (unpaired) electrons. The first-order valence-electron chi connectivity index (χ1n) is 2.04. The molecule has 0 aliphatic rings. The third-order valence-electron chi connectivity index (χ3n) is 0.608. The topological polar surface area (TPSA) is 57.5 Å². The van der Waals surface area contributed by atoms with Crippen LogP contribution in [0.4, 0.5) is 0 Å². The van der Waals surface area contributed by atoms with Crippen molar-refractivity contribution in [1.29, 1.82) is 0 Å². The Hall–Kier alpha value is -0.960. The van der Waals surface area contributed by atoms with Gasteiger partial charge in [-0.25, -0.2) is 4.79 Å². The Morgan fingerprint density at radius 3 is 2.11 bits per heavy atom. The zero-order chi connectivity index (χ0) is 7.44. The number of carboxylic acid groups (broad SMARTS) is 1. The molecule has 2 N–H and O–H groups in total. The van der Waals surface area contributed by atoms with Gasteiger partial charge in [-0.1, -0.05) is 18.2 Å². The first-order chi connectivity index (χ1) is 4.09. The van der Waals surface area contributed by atoms with E-state index in [-0.39, 0.29) is 5.03 Å². The fourth-order valence-corrected chi connectivity index (χ4v) is 0.280. The van der Waals surface area contributed by atoms with E-state index in [2.05, 4.69) is 6.58 Å². The summed E-state index contributed by atoms with van der Waals surface area (Å²) in [4.78, 5) is 9.86. The van der Waals surface area contributed by atoms with Gasteiger partial charge in [0.25, 0.3) is 0 Å². The molecule has 4 heteroatoms. The molecule has 0 aliphatic heterocycles. The number of aliphatic hydroxyl groups is 1. The van der Waals surface area contributed by atoms with E-state index in [4.69, 9.17) is 21.8 Å². The Morgan fingerprint density at radius 2 is 2.00 bits per heavy atom. The molecular weight excluding hydrogens is 144 g/mol. The summed E-state index contributed by atoms with van der Waals surface area (Å²) in [5, 5.41) is 16.3. The predicted molar refractivity (Wildman–Crippen MR) is 33.3 cm³/mol. The van der Waals surface area contributed by atoms with E-state index in [9.17, 15) is 4.79 Å². The van der Waals surface area contributed by atoms with Crippen molar-refractivity contribution in [2.45, 2.75) is 0 Å². The van der Waals surface area contributed by atoms with E-state index >= 15 is 0 Å². The normalized spacial score (nSPS) is 12.1. The summed E-state index contributed by atoms with van der Waals surface area (Å²) in [6.45, 7) is 3.15. The Morgan fingerprint density at radius 1 is 1.56 bits per heavy atom. The zero-order valence-corrected chi connectivity index (χ0v) is 5.22. The second-order valence-corrected chi connectivity index (χ2v) is 1.61. The van der Waals surface area contributed by atoms with Gasteiger partial charge < -0.3 is 10.2 Å². The average molecular weight is 149 g/mol. The standard InChI is InChI=1S/C5H5ClO3/c1-2-3(6)4(7)5(8)9/h2,7H,1H2,(H,8,9)/b4-3-. The Balaban J connectivity index is 4.47. The van der Waals surface area contributed by atoms with Gasteiger partial charge in [0.15, 0.2) is 0 Å². The maximum absolute atomic E-state index is 9.86. The van der Waals surface area contributed by atoms with Crippen molar-refractivity contribution in [3.8, 4) is 0 Å². The minimum atomic E-state index is -1.46. The van der Waals surface area contributed by atoms with Gasteiger partial charge in [-0.05, 0) is 6.08 Å². The number of carboxylic acids is 1. The smallest absolute Gasteiger partial charge is 0.372 e. The molecule has 0 fully saturated rings. The molecule has 0 amide bonds. The molecule has 0 saturated carbocycles. The van der Waals surface area contributed by atoms with Gasteiger partial charge in [0.05, 0.1) is 5.03 Å². The van der Waals surface area contributed by atoms with Gasteiger partial charge in [-0.2, -0.15) is 0 Å². The van der Waals surface area contributed by atoms with E-state index < -0.39 is 11.7 Å². The lowest BCUT2D eigenvalue weighted by Gasteiger charge is -1.90. The van der Waals surface area contributed by atoms with Crippen molar-refractivity contribution in [1.82, 2.24) is 0 Å². The second kappa shape index (κ2) is 3.14. The maximum Gasteiger partial charge on any atom is 0.372 e. The highest BCUT2D eigenvalue weighted by molar-refractivity contribution is 6.32. The fraction of sp³-hybridized carbons (Fsp3) is 0. The third kappa shape index (κ3) is 2.19. The summed E-state index contributed by atoms with van der Waals surface area (Å²) in [7, 11) is 0. The van der Waals surface area contributed by atoms with Gasteiger partial charge in [-0.3, -0.25) is 0 Å². The lowest BCUT2D eigenvalue weighted by Crippen LogP contribution is -1.99. The van der Waals surface area contributed by atoms with Crippen LogP contribution in [-0.2, 0) is 4.79 Å². The Labute approximate surface area is 56.9 Å². The molecule has 0 rings (SSSR count). The second-order valence-electron chi connectivity index (χ2n) is 1.21. The SMILES string of the molecule is C=C/C(Cl)=C(/O)C(=O)O. The van der Waals surface area contributed by atoms with Crippen LogP contribution in [0.15, 0.2) is 23.4 Å². The number of halogens is 1. The quantitative estimate of drug-likeness (QED) is 0.352. The number of aliphatic carboxylic acids is 1. The highest BCUT2D eigenvalue weighted by Crippen LogP contribution is 2.06. The summed E-state index contributed by atoms with van der Waals surface area (Å²) < 4.78 is 0. The number of rotatable bonds is 2. The molecule has 0 bridgehead atoms. The molecular formula is C5H5ClO3. The van der Waals surface area contributed by atoms with Crippen molar-refractivity contribution in [2.75, 3.05) is 0 Å². The van der Waals surface area contributed by atoms with Crippen molar-refractivity contribution in [3.63, 3.8) is 0 Å². The van der Waals surface area contributed by atoms with Crippen LogP contribution in [0.25, 0.3) is 0 Å². The number of carbonyl (C=O) groups is 1. The van der Waals surface area contributed by atoms with E-state index in [1.807, 2.05) is 0 Å². The van der Waals surface area contributed by atoms with Crippen molar-refractivity contribution in [3.05, 3.63) is 23.4 Å². The van der Waals surface area contributed by atoms with E-state index in [1.165, 1.54) is 0 Å². The highest BCUT2D eigenvalue weighted by atomic mass is 35.5. The minimum absolute atomic E-state index is 0.262. The van der Waals surface area contributed by atoms with Crippen LogP contribution in [0, 0.1) is 0 Å². The molecule has 3 nitrogen and oxygen atoms in total. The van der Waals surface area contributed by atoms with Crippen molar-refractivity contribution >= 4 is 17.6 Å². The summed E-state index contributed by atoms with van der Waals surface area (Å²) in [5.41, 5.74) is 0. The van der Waals surface area contributed by atoms with Crippen LogP contribution in [0.3, 0.4) is 0 Å². The zero-order valence-electron chi connectivity index (χ0n) is 4.47. The van der Waals surface area contributed by atoms with E-state index in [0.29, 0.717) is 0 Å². The Kier molecular flexibility index (Phi) is 2.81. The summed E-state index contributed by atoms with van der Waals surface area (Å²) in [6, 6.07) is 0. The number of hydrogen-bond donors (Lipinski definition) is 2. The van der Waals surface area contributed by atoms with Gasteiger partial charge in [0, 0.05) is 0 Å². The average Bonchev–Trinajstić information content (AvgIpc) is 1.84. The number of allylic oxidation sites excluding steroid dienone is 2. The summed E-state index contributed by atoms with van der Waals surface area (Å²) in [6.07, 6.45) is 1.05. The van der Waals surface area contributed by atoms with Crippen LogP contribution in [0.1, 0.15) is 0 Å². The fourth-order valence-electron chi connectivity index (χ4n) is 0.199. The summed E-state index contributed by atoms with van der Waals surface area (Å²) in [5.74, 6) is -2.34. The first-order valence-corrected chi connectivity index (χ1v) is 2.42. The van der Waals surface area contributed by atoms with Crippen LogP contribution in [0.2, 0.25) is 0 Å². The predicted octanol–water partition coefficient (Wildman–Crippen LogP) is 1.27. The monoisotopic (exact) mass is 148 g/mol. The summed E-state index contributed by atoms with van der Waals surface area (Å²) >= 11 is 5.14. The van der Waals surface area contributed by atoms with Crippen molar-refractivity contribution < 1.29 is 15.0 Å². The molecule has 0 aromatic heterocycles. The van der Waals surface area contributed by atoms with E-state index in [0.717, 1.165) is 6.08 Å². The van der Waals surface area contributed by atoms with Gasteiger partial charge in [-0.15, -0.1) is 0 Å². The molecule has 0 saturated heterocycles. The molecule has 0 aromatic rings. The molecule has 0 aliphatic carbocycles. The van der Waals surface area contributed by atoms with Crippen LogP contribution in [-0.4, -0.2) is 16.2 Å². The highest BCUT2D eigenvalue weighted by Gasteiger charge is 2.06. The molecule has 50 valence electrons. The molecule has 0 heterocycles. The Bertz CT molecular complexity index is 171.